The van der Waals surface area contributed by atoms with Crippen molar-refractivity contribution in [1.29, 1.82) is 0 Å². The molecule has 3 rings (SSSR count). The van der Waals surface area contributed by atoms with Crippen LogP contribution >= 0.6 is 23.1 Å². The van der Waals surface area contributed by atoms with Crippen molar-refractivity contribution in [2.45, 2.75) is 25.7 Å². The fraction of sp³-hybridized carbons (Fsp3) is 0.238. The predicted molar refractivity (Wildman–Crippen MR) is 114 cm³/mol. The summed E-state index contributed by atoms with van der Waals surface area (Å²) in [6.45, 7) is 6.72. The Balaban J connectivity index is 1.72. The van der Waals surface area contributed by atoms with Crippen molar-refractivity contribution in [3.63, 3.8) is 0 Å². The first-order chi connectivity index (χ1) is 13.1. The van der Waals surface area contributed by atoms with Crippen LogP contribution in [0.1, 0.15) is 29.1 Å². The standard InChI is InChI=1S/C21H22N2O2S2/c1-4-25-17-10-6-15(7-11-17)19-14(3)27-21(22-19)23-20(24)16-8-12-18(13-9-16)26-5-2/h6-13H,4-5H2,1-3H3,(H,22,23,24). The van der Waals surface area contributed by atoms with Crippen molar-refractivity contribution < 1.29 is 9.53 Å². The number of anilines is 1. The molecule has 0 radical (unpaired) electrons. The lowest BCUT2D eigenvalue weighted by Crippen LogP contribution is -2.11. The molecular weight excluding hydrogens is 376 g/mol. The average molecular weight is 399 g/mol. The topological polar surface area (TPSA) is 51.2 Å². The van der Waals surface area contributed by atoms with E-state index in [1.165, 1.54) is 11.3 Å². The molecule has 1 heterocycles. The summed E-state index contributed by atoms with van der Waals surface area (Å²) in [7, 11) is 0. The normalized spacial score (nSPS) is 10.6. The van der Waals surface area contributed by atoms with E-state index < -0.39 is 0 Å². The zero-order valence-electron chi connectivity index (χ0n) is 15.6. The SMILES string of the molecule is CCOc1ccc(-c2nc(NC(=O)c3ccc(SCC)cc3)sc2C)cc1. The summed E-state index contributed by atoms with van der Waals surface area (Å²) in [5.41, 5.74) is 2.52. The number of carbonyl (C=O) groups is 1. The number of nitrogens with one attached hydrogen (secondary N) is 1. The Morgan fingerprint density at radius 3 is 2.44 bits per heavy atom. The first kappa shape index (κ1) is 19.5. The van der Waals surface area contributed by atoms with Gasteiger partial charge in [0.05, 0.1) is 12.3 Å². The number of aromatic nitrogens is 1. The molecular formula is C21H22N2O2S2. The smallest absolute Gasteiger partial charge is 0.257 e. The number of amides is 1. The van der Waals surface area contributed by atoms with Gasteiger partial charge in [0, 0.05) is 20.9 Å². The maximum Gasteiger partial charge on any atom is 0.257 e. The van der Waals surface area contributed by atoms with E-state index >= 15 is 0 Å². The van der Waals surface area contributed by atoms with Gasteiger partial charge in [-0.25, -0.2) is 4.98 Å². The highest BCUT2D eigenvalue weighted by Gasteiger charge is 2.13. The van der Waals surface area contributed by atoms with Gasteiger partial charge in [-0.05, 0) is 68.1 Å². The molecule has 1 aromatic heterocycles. The van der Waals surface area contributed by atoms with Gasteiger partial charge in [0.2, 0.25) is 0 Å². The van der Waals surface area contributed by atoms with Gasteiger partial charge < -0.3 is 4.74 Å². The molecule has 0 saturated carbocycles. The van der Waals surface area contributed by atoms with Crippen LogP contribution in [-0.4, -0.2) is 23.3 Å². The third-order valence-electron chi connectivity index (χ3n) is 3.88. The van der Waals surface area contributed by atoms with Crippen LogP contribution in [0.5, 0.6) is 5.75 Å². The number of hydrogen-bond donors (Lipinski definition) is 1. The van der Waals surface area contributed by atoms with E-state index in [0.717, 1.165) is 32.5 Å². The Kier molecular flexibility index (Phi) is 6.53. The summed E-state index contributed by atoms with van der Waals surface area (Å²) in [6, 6.07) is 15.5. The van der Waals surface area contributed by atoms with Crippen molar-refractivity contribution in [2.75, 3.05) is 17.7 Å². The molecule has 0 fully saturated rings. The second kappa shape index (κ2) is 9.06. The van der Waals surface area contributed by atoms with Crippen LogP contribution in [0.2, 0.25) is 0 Å². The molecule has 2 aromatic carbocycles. The van der Waals surface area contributed by atoms with Crippen LogP contribution in [0.4, 0.5) is 5.13 Å². The largest absolute Gasteiger partial charge is 0.494 e. The first-order valence-corrected chi connectivity index (χ1v) is 10.7. The Morgan fingerprint density at radius 2 is 1.81 bits per heavy atom. The minimum atomic E-state index is -0.143. The van der Waals surface area contributed by atoms with Crippen LogP contribution in [0, 0.1) is 6.92 Å². The molecule has 0 aliphatic rings. The van der Waals surface area contributed by atoms with Gasteiger partial charge in [-0.2, -0.15) is 0 Å². The third-order valence-corrected chi connectivity index (χ3v) is 5.66. The van der Waals surface area contributed by atoms with E-state index in [9.17, 15) is 4.79 Å². The third kappa shape index (κ3) is 4.90. The first-order valence-electron chi connectivity index (χ1n) is 8.85. The number of ether oxygens (including phenoxy) is 1. The van der Waals surface area contributed by atoms with Crippen LogP contribution in [0.15, 0.2) is 53.4 Å². The Hall–Kier alpha value is -2.31. The molecule has 0 aliphatic carbocycles. The minimum absolute atomic E-state index is 0.143. The number of thioether (sulfide) groups is 1. The Bertz CT molecular complexity index is 903. The summed E-state index contributed by atoms with van der Waals surface area (Å²) < 4.78 is 5.48. The summed E-state index contributed by atoms with van der Waals surface area (Å²) >= 11 is 3.24. The van der Waals surface area contributed by atoms with Crippen LogP contribution < -0.4 is 10.1 Å². The molecule has 0 spiro atoms. The Labute approximate surface area is 168 Å². The van der Waals surface area contributed by atoms with Gasteiger partial charge in [0.1, 0.15) is 5.75 Å². The maximum atomic E-state index is 12.5. The van der Waals surface area contributed by atoms with Crippen LogP contribution in [0.3, 0.4) is 0 Å². The van der Waals surface area contributed by atoms with E-state index in [2.05, 4.69) is 17.2 Å². The second-order valence-corrected chi connectivity index (χ2v) is 8.33. The average Bonchev–Trinajstić information content (AvgIpc) is 3.03. The number of thiazole rings is 1. The molecule has 0 atom stereocenters. The molecule has 3 aromatic rings. The monoisotopic (exact) mass is 398 g/mol. The fourth-order valence-corrected chi connectivity index (χ4v) is 4.12. The van der Waals surface area contributed by atoms with Gasteiger partial charge in [-0.1, -0.05) is 6.92 Å². The lowest BCUT2D eigenvalue weighted by Gasteiger charge is -2.04. The van der Waals surface area contributed by atoms with Crippen molar-refractivity contribution in [1.82, 2.24) is 4.98 Å². The molecule has 0 unspecified atom stereocenters. The highest BCUT2D eigenvalue weighted by Crippen LogP contribution is 2.31. The lowest BCUT2D eigenvalue weighted by atomic mass is 10.1. The number of hydrogen-bond acceptors (Lipinski definition) is 5. The number of benzene rings is 2. The molecule has 0 aliphatic heterocycles. The molecule has 27 heavy (non-hydrogen) atoms. The van der Waals surface area contributed by atoms with Gasteiger partial charge in [0.25, 0.3) is 5.91 Å². The van der Waals surface area contributed by atoms with Gasteiger partial charge in [-0.15, -0.1) is 23.1 Å². The summed E-state index contributed by atoms with van der Waals surface area (Å²) in [4.78, 5) is 19.3. The molecule has 6 heteroatoms. The van der Waals surface area contributed by atoms with Gasteiger partial charge in [-0.3, -0.25) is 10.1 Å². The molecule has 1 N–H and O–H groups in total. The van der Waals surface area contributed by atoms with Crippen molar-refractivity contribution in [2.24, 2.45) is 0 Å². The Morgan fingerprint density at radius 1 is 1.11 bits per heavy atom. The van der Waals surface area contributed by atoms with Gasteiger partial charge >= 0.3 is 0 Å². The summed E-state index contributed by atoms with van der Waals surface area (Å²) in [6.07, 6.45) is 0. The summed E-state index contributed by atoms with van der Waals surface area (Å²) in [5.74, 6) is 1.71. The minimum Gasteiger partial charge on any atom is -0.494 e. The van der Waals surface area contributed by atoms with Crippen LogP contribution in [0.25, 0.3) is 11.3 Å². The summed E-state index contributed by atoms with van der Waals surface area (Å²) in [5, 5.41) is 3.51. The highest BCUT2D eigenvalue weighted by molar-refractivity contribution is 7.99. The fourth-order valence-electron chi connectivity index (χ4n) is 2.63. The van der Waals surface area contributed by atoms with E-state index in [-0.39, 0.29) is 5.91 Å². The van der Waals surface area contributed by atoms with Crippen molar-refractivity contribution in [3.05, 3.63) is 59.0 Å². The lowest BCUT2D eigenvalue weighted by molar-refractivity contribution is 0.102. The van der Waals surface area contributed by atoms with E-state index in [0.29, 0.717) is 17.3 Å². The van der Waals surface area contributed by atoms with Crippen LogP contribution in [-0.2, 0) is 0 Å². The number of aryl methyl sites for hydroxylation is 1. The second-order valence-electron chi connectivity index (χ2n) is 5.79. The maximum absolute atomic E-state index is 12.5. The molecule has 140 valence electrons. The molecule has 0 saturated heterocycles. The van der Waals surface area contributed by atoms with Crippen molar-refractivity contribution in [3.8, 4) is 17.0 Å². The zero-order chi connectivity index (χ0) is 19.2. The van der Waals surface area contributed by atoms with Crippen molar-refractivity contribution >= 4 is 34.1 Å². The molecule has 0 bridgehead atoms. The zero-order valence-corrected chi connectivity index (χ0v) is 17.2. The number of nitrogens with zero attached hydrogens (tertiary/aromatic N) is 1. The predicted octanol–water partition coefficient (Wildman–Crippen LogP) is 5.88. The number of rotatable bonds is 7. The highest BCUT2D eigenvalue weighted by atomic mass is 32.2. The molecule has 4 nitrogen and oxygen atoms in total. The molecule has 1 amide bonds. The quantitative estimate of drug-likeness (QED) is 0.505. The number of carbonyl (C=O) groups excluding carboxylic acids is 1. The van der Waals surface area contributed by atoms with Gasteiger partial charge in [0.15, 0.2) is 5.13 Å². The van der Waals surface area contributed by atoms with E-state index in [1.807, 2.05) is 62.4 Å². The van der Waals surface area contributed by atoms with E-state index in [4.69, 9.17) is 4.74 Å². The van der Waals surface area contributed by atoms with E-state index in [1.54, 1.807) is 11.8 Å².